The molecule has 0 aliphatic rings. The number of fused-ring (bicyclic) bond motifs is 1. The van der Waals surface area contributed by atoms with Gasteiger partial charge in [0.15, 0.2) is 9.84 Å². The molecule has 8 nitrogen and oxygen atoms in total. The Kier molecular flexibility index (Phi) is 8.65. The summed E-state index contributed by atoms with van der Waals surface area (Å²) in [6.07, 6.45) is 3.14. The number of hydrogen-bond acceptors (Lipinski definition) is 7. The van der Waals surface area contributed by atoms with Gasteiger partial charge in [0.1, 0.15) is 12.1 Å². The van der Waals surface area contributed by atoms with Gasteiger partial charge in [0.25, 0.3) is 5.91 Å². The molecule has 0 fully saturated rings. The molecule has 0 spiro atoms. The maximum Gasteiger partial charge on any atom is 0.251 e. The molecule has 188 valence electrons. The Morgan fingerprint density at radius 3 is 2.47 bits per heavy atom. The van der Waals surface area contributed by atoms with Crippen LogP contribution in [0.3, 0.4) is 0 Å². The molecule has 1 atom stereocenters. The summed E-state index contributed by atoms with van der Waals surface area (Å²) in [5, 5.41) is 6.85. The number of nitrogens with one attached hydrogen (secondary N) is 2. The highest BCUT2D eigenvalue weighted by Gasteiger charge is 2.16. The first-order valence-electron chi connectivity index (χ1n) is 11.3. The number of carbonyl (C=O) groups excluding carboxylic acids is 1. The van der Waals surface area contributed by atoms with Gasteiger partial charge >= 0.3 is 0 Å². The number of amides is 1. The molecule has 36 heavy (non-hydrogen) atoms. The fraction of sp³-hybridized carbons (Fsp3) is 0.231. The lowest BCUT2D eigenvalue weighted by molar-refractivity contribution is 0.0964. The lowest BCUT2D eigenvalue weighted by Gasteiger charge is -2.16. The topological polar surface area (TPSA) is 114 Å². The van der Waals surface area contributed by atoms with E-state index in [1.165, 1.54) is 6.33 Å². The van der Waals surface area contributed by atoms with Gasteiger partial charge in [0.2, 0.25) is 0 Å². The fourth-order valence-electron chi connectivity index (χ4n) is 3.91. The number of aromatic nitrogens is 3. The molecular formula is C26H29N5O3S2. The maximum atomic E-state index is 12.3. The third-order valence-corrected chi connectivity index (χ3v) is 7.70. The zero-order valence-corrected chi connectivity index (χ0v) is 22.1. The van der Waals surface area contributed by atoms with Gasteiger partial charge in [0, 0.05) is 42.7 Å². The van der Waals surface area contributed by atoms with Gasteiger partial charge in [0.05, 0.1) is 27.4 Å². The van der Waals surface area contributed by atoms with E-state index in [-0.39, 0.29) is 31.1 Å². The zero-order chi connectivity index (χ0) is 25.0. The summed E-state index contributed by atoms with van der Waals surface area (Å²) in [5.41, 5.74) is 3.92. The van der Waals surface area contributed by atoms with E-state index in [0.29, 0.717) is 28.5 Å². The van der Waals surface area contributed by atoms with Crippen LogP contribution in [0.1, 0.15) is 35.7 Å². The van der Waals surface area contributed by atoms with E-state index in [0.717, 1.165) is 22.0 Å². The van der Waals surface area contributed by atoms with E-state index in [2.05, 4.69) is 32.5 Å². The summed E-state index contributed by atoms with van der Waals surface area (Å²) in [4.78, 5) is 25.8. The number of para-hydroxylation sites is 1. The second-order valence-electron chi connectivity index (χ2n) is 8.18. The number of anilines is 1. The molecule has 2 heterocycles. The van der Waals surface area contributed by atoms with Crippen LogP contribution in [0.4, 0.5) is 5.82 Å². The van der Waals surface area contributed by atoms with Crippen LogP contribution in [0.25, 0.3) is 22.2 Å². The molecule has 0 unspecified atom stereocenters. The highest BCUT2D eigenvalue weighted by molar-refractivity contribution is 7.91. The van der Waals surface area contributed by atoms with Crippen LogP contribution in [-0.2, 0) is 9.84 Å². The molecule has 0 bridgehead atoms. The van der Waals surface area contributed by atoms with Crippen molar-refractivity contribution in [1.29, 1.82) is 0 Å². The number of nitrogens with zero attached hydrogens (tertiary/aromatic N) is 3. The first-order valence-corrected chi connectivity index (χ1v) is 13.0. The maximum absolute atomic E-state index is 12.3. The van der Waals surface area contributed by atoms with Gasteiger partial charge < -0.3 is 10.6 Å². The van der Waals surface area contributed by atoms with Crippen LogP contribution in [0.5, 0.6) is 0 Å². The third kappa shape index (κ3) is 5.66. The van der Waals surface area contributed by atoms with Crippen molar-refractivity contribution in [2.75, 3.05) is 24.7 Å². The van der Waals surface area contributed by atoms with Crippen molar-refractivity contribution < 1.29 is 13.2 Å². The smallest absolute Gasteiger partial charge is 0.251 e. The Morgan fingerprint density at radius 2 is 1.78 bits per heavy atom. The van der Waals surface area contributed by atoms with Crippen LogP contribution in [-0.4, -0.2) is 48.6 Å². The average Bonchev–Trinajstić information content (AvgIpc) is 2.90. The highest BCUT2D eigenvalue weighted by Crippen LogP contribution is 2.27. The van der Waals surface area contributed by atoms with Gasteiger partial charge in [-0.3, -0.25) is 9.78 Å². The molecule has 2 N–H and O–H groups in total. The molecule has 4 aromatic rings. The molecule has 0 radical (unpaired) electrons. The third-order valence-electron chi connectivity index (χ3n) is 5.95. The average molecular weight is 524 g/mol. The quantitative estimate of drug-likeness (QED) is 0.356. The Hall–Kier alpha value is -3.50. The van der Waals surface area contributed by atoms with Crippen LogP contribution >= 0.6 is 13.5 Å². The predicted molar refractivity (Wildman–Crippen MR) is 148 cm³/mol. The van der Waals surface area contributed by atoms with Crippen molar-refractivity contribution in [2.45, 2.75) is 24.7 Å². The van der Waals surface area contributed by atoms with Crippen LogP contribution < -0.4 is 10.6 Å². The number of sulfone groups is 1. The van der Waals surface area contributed by atoms with Crippen molar-refractivity contribution >= 4 is 46.0 Å². The largest absolute Gasteiger partial charge is 0.369 e. The van der Waals surface area contributed by atoms with Gasteiger partial charge in [-0.05, 0) is 23.8 Å². The SMILES string of the molecule is CCS(=O)(=O)c1ccc(-c2cc(NC[C@@H](C)c3cccc4c(C(=O)NC)ccnc34)ncn2)cc1.S. The van der Waals surface area contributed by atoms with E-state index >= 15 is 0 Å². The zero-order valence-electron chi connectivity index (χ0n) is 20.3. The van der Waals surface area contributed by atoms with E-state index in [9.17, 15) is 13.2 Å². The van der Waals surface area contributed by atoms with Crippen molar-refractivity contribution in [3.8, 4) is 11.3 Å². The van der Waals surface area contributed by atoms with Gasteiger partial charge in [-0.1, -0.05) is 44.2 Å². The lowest BCUT2D eigenvalue weighted by Crippen LogP contribution is -2.18. The fourth-order valence-corrected chi connectivity index (χ4v) is 4.79. The van der Waals surface area contributed by atoms with E-state index < -0.39 is 9.84 Å². The summed E-state index contributed by atoms with van der Waals surface area (Å²) in [6, 6.07) is 16.1. The Bertz CT molecular complexity index is 1470. The van der Waals surface area contributed by atoms with Crippen LogP contribution in [0.2, 0.25) is 0 Å². The second-order valence-corrected chi connectivity index (χ2v) is 10.5. The predicted octanol–water partition coefficient (Wildman–Crippen LogP) is 4.17. The van der Waals surface area contributed by atoms with Crippen molar-refractivity contribution in [3.63, 3.8) is 0 Å². The van der Waals surface area contributed by atoms with Gasteiger partial charge in [-0.15, -0.1) is 0 Å². The van der Waals surface area contributed by atoms with E-state index in [1.54, 1.807) is 50.5 Å². The van der Waals surface area contributed by atoms with Crippen molar-refractivity contribution in [3.05, 3.63) is 78.2 Å². The first-order chi connectivity index (χ1) is 16.8. The van der Waals surface area contributed by atoms with Crippen molar-refractivity contribution in [2.24, 2.45) is 0 Å². The second kappa shape index (κ2) is 11.5. The van der Waals surface area contributed by atoms with E-state index in [1.807, 2.05) is 24.3 Å². The van der Waals surface area contributed by atoms with Crippen LogP contribution in [0.15, 0.2) is 72.0 Å². The minimum absolute atomic E-state index is 0. The summed E-state index contributed by atoms with van der Waals surface area (Å²) in [5.74, 6) is 0.662. The van der Waals surface area contributed by atoms with E-state index in [4.69, 9.17) is 0 Å². The lowest BCUT2D eigenvalue weighted by atomic mass is 9.96. The summed E-state index contributed by atoms with van der Waals surface area (Å²) < 4.78 is 24.1. The molecule has 10 heteroatoms. The van der Waals surface area contributed by atoms with Crippen LogP contribution in [0, 0.1) is 0 Å². The Morgan fingerprint density at radius 1 is 1.03 bits per heavy atom. The number of rotatable bonds is 8. The molecule has 0 saturated heterocycles. The Labute approximate surface area is 218 Å². The minimum atomic E-state index is -3.25. The van der Waals surface area contributed by atoms with Gasteiger partial charge in [-0.25, -0.2) is 18.4 Å². The molecular weight excluding hydrogens is 494 g/mol. The monoisotopic (exact) mass is 523 g/mol. The first kappa shape index (κ1) is 27.1. The summed E-state index contributed by atoms with van der Waals surface area (Å²) in [7, 11) is -1.63. The molecule has 1 amide bonds. The molecule has 2 aromatic carbocycles. The molecule has 0 saturated carbocycles. The Balaban J connectivity index is 0.00000361. The molecule has 0 aliphatic carbocycles. The highest BCUT2D eigenvalue weighted by atomic mass is 32.2. The normalized spacial score (nSPS) is 12.0. The number of benzene rings is 2. The standard InChI is InChI=1S/C26H27N5O3S.H2S/c1-4-35(33,34)19-10-8-18(9-11-19)23-14-24(31-16-30-23)29-15-17(2)20-6-5-7-21-22(26(32)27-3)12-13-28-25(20)21;/h5-14,16-17H,4,15H2,1-3H3,(H,27,32)(H,29,30,31);1H2/t17-;/m1./s1. The number of hydrogen-bond donors (Lipinski definition) is 2. The molecule has 2 aromatic heterocycles. The summed E-state index contributed by atoms with van der Waals surface area (Å²) >= 11 is 0. The van der Waals surface area contributed by atoms with Gasteiger partial charge in [-0.2, -0.15) is 13.5 Å². The van der Waals surface area contributed by atoms with Crippen molar-refractivity contribution in [1.82, 2.24) is 20.3 Å². The number of carbonyl (C=O) groups is 1. The molecule has 0 aliphatic heterocycles. The summed E-state index contributed by atoms with van der Waals surface area (Å²) in [6.45, 7) is 4.31. The molecule has 4 rings (SSSR count). The number of pyridine rings is 1. The minimum Gasteiger partial charge on any atom is -0.369 e.